The Morgan fingerprint density at radius 2 is 1.66 bits per heavy atom. The van der Waals surface area contributed by atoms with Gasteiger partial charge in [-0.1, -0.05) is 88.8 Å². The molecule has 0 saturated heterocycles. The zero-order chi connectivity index (χ0) is 38.7. The first-order valence-corrected chi connectivity index (χ1v) is 18.6. The number of aromatic nitrogens is 3. The van der Waals surface area contributed by atoms with Crippen LogP contribution in [0.4, 0.5) is 0 Å². The minimum Gasteiger partial charge on any atom is -0.389 e. The number of imidazole rings is 1. The number of ketones is 2. The molecule has 1 saturated carbocycles. The summed E-state index contributed by atoms with van der Waals surface area (Å²) in [4.78, 5) is 64.9. The van der Waals surface area contributed by atoms with Gasteiger partial charge in [-0.2, -0.15) is 0 Å². The van der Waals surface area contributed by atoms with E-state index < -0.39 is 71.6 Å². The van der Waals surface area contributed by atoms with Gasteiger partial charge in [0.1, 0.15) is 23.9 Å². The molecule has 14 nitrogen and oxygen atoms in total. The van der Waals surface area contributed by atoms with E-state index in [0.717, 1.165) is 32.1 Å². The number of hydrogen-bond acceptors (Lipinski definition) is 12. The molecule has 1 aromatic carbocycles. The molecule has 0 spiro atoms. The van der Waals surface area contributed by atoms with Gasteiger partial charge in [0.25, 0.3) is 0 Å². The number of amides is 1. The summed E-state index contributed by atoms with van der Waals surface area (Å²) in [7, 11) is 0. The van der Waals surface area contributed by atoms with Crippen molar-refractivity contribution in [2.24, 2.45) is 40.2 Å². The van der Waals surface area contributed by atoms with Crippen LogP contribution in [0.1, 0.15) is 86.6 Å². The number of nitrogens with two attached hydrogens (primary N) is 4. The number of nitrogens with zero attached hydrogens (tertiary/aromatic N) is 3. The lowest BCUT2D eigenvalue weighted by Crippen LogP contribution is -2.65. The number of hydrogen-bond donors (Lipinski definition) is 7. The van der Waals surface area contributed by atoms with Crippen molar-refractivity contribution in [1.29, 1.82) is 0 Å². The standard InChI is InChI=1S/C39H56N8O6/c1-3-24(2)32(43)35(50)33(30-16-10-11-17-44-30)46-38(53)39(20-26-14-8-5-9-15-26,37(52)34(49)28(41)18-25-12-6-4-7-13-25)36(51)29(42)19-27-22-47(23-45-27)31(48)21-40/h5,8-11,14-17,22-25,28-29,32-34,37,49,52H,3-4,6-7,12-13,18-21,40-43H2,1-2H3,(H,46,53)/t24-,28-,29-,32-,33?,34+,37-,39-/m0/s1. The summed E-state index contributed by atoms with van der Waals surface area (Å²) in [6.45, 7) is 3.43. The summed E-state index contributed by atoms with van der Waals surface area (Å²) in [5, 5.41) is 26.9. The molecule has 0 bridgehead atoms. The van der Waals surface area contributed by atoms with Crippen molar-refractivity contribution in [3.05, 3.63) is 84.2 Å². The quantitative estimate of drug-likeness (QED) is 0.0863. The molecule has 0 aliphatic heterocycles. The fourth-order valence-electron chi connectivity index (χ4n) is 7.24. The predicted molar refractivity (Wildman–Crippen MR) is 200 cm³/mol. The average Bonchev–Trinajstić information content (AvgIpc) is 3.66. The number of benzene rings is 1. The molecular formula is C39H56N8O6. The Morgan fingerprint density at radius 1 is 0.981 bits per heavy atom. The van der Waals surface area contributed by atoms with Gasteiger partial charge in [-0.3, -0.25) is 28.7 Å². The second-order valence-electron chi connectivity index (χ2n) is 14.5. The number of pyridine rings is 1. The minimum atomic E-state index is -2.48. The van der Waals surface area contributed by atoms with Gasteiger partial charge in [0.2, 0.25) is 11.8 Å². The molecule has 1 aliphatic carbocycles. The van der Waals surface area contributed by atoms with E-state index >= 15 is 9.59 Å². The van der Waals surface area contributed by atoms with Crippen LogP contribution in [-0.4, -0.2) is 85.0 Å². The Bertz CT molecular complexity index is 1650. The molecule has 2 aromatic heterocycles. The highest BCUT2D eigenvalue weighted by molar-refractivity contribution is 6.10. The van der Waals surface area contributed by atoms with Gasteiger partial charge in [-0.05, 0) is 42.4 Å². The zero-order valence-corrected chi connectivity index (χ0v) is 30.7. The third-order valence-corrected chi connectivity index (χ3v) is 10.8. The maximum absolute atomic E-state index is 15.1. The van der Waals surface area contributed by atoms with Gasteiger partial charge in [0.15, 0.2) is 11.6 Å². The second-order valence-corrected chi connectivity index (χ2v) is 14.5. The SMILES string of the molecule is CC[C@H](C)[C@H](N)C(=O)C(NC(=O)[C@@](Cc1ccccc1)(C(=O)[C@@H](N)Cc1cn(C(=O)CN)cn1)[C@@H](O)[C@H](O)[C@@H](N)CC1CCCCC1)c1ccccn1. The molecule has 1 fully saturated rings. The predicted octanol–water partition coefficient (Wildman–Crippen LogP) is 1.36. The van der Waals surface area contributed by atoms with Gasteiger partial charge < -0.3 is 38.5 Å². The number of nitrogens with one attached hydrogen (secondary N) is 1. The smallest absolute Gasteiger partial charge is 0.245 e. The van der Waals surface area contributed by atoms with Crippen LogP contribution in [0, 0.1) is 17.3 Å². The maximum Gasteiger partial charge on any atom is 0.245 e. The number of carbonyl (C=O) groups excluding carboxylic acids is 4. The van der Waals surface area contributed by atoms with E-state index in [0.29, 0.717) is 18.4 Å². The summed E-state index contributed by atoms with van der Waals surface area (Å²) in [5.41, 5.74) is 23.5. The van der Waals surface area contributed by atoms with Crippen molar-refractivity contribution >= 4 is 23.4 Å². The highest BCUT2D eigenvalue weighted by Gasteiger charge is 2.57. The zero-order valence-electron chi connectivity index (χ0n) is 30.7. The van der Waals surface area contributed by atoms with Crippen molar-refractivity contribution in [2.75, 3.05) is 6.54 Å². The van der Waals surface area contributed by atoms with Crippen LogP contribution in [0.15, 0.2) is 67.3 Å². The van der Waals surface area contributed by atoms with Crippen LogP contribution in [0.2, 0.25) is 0 Å². The molecule has 4 rings (SSSR count). The van der Waals surface area contributed by atoms with Crippen molar-refractivity contribution in [3.63, 3.8) is 0 Å². The molecule has 3 aromatic rings. The first-order chi connectivity index (χ1) is 25.3. The van der Waals surface area contributed by atoms with Crippen molar-refractivity contribution in [1.82, 2.24) is 19.9 Å². The average molecular weight is 733 g/mol. The van der Waals surface area contributed by atoms with Crippen molar-refractivity contribution in [3.8, 4) is 0 Å². The van der Waals surface area contributed by atoms with Crippen LogP contribution in [-0.2, 0) is 27.2 Å². The van der Waals surface area contributed by atoms with Crippen molar-refractivity contribution < 1.29 is 29.4 Å². The summed E-state index contributed by atoms with van der Waals surface area (Å²) >= 11 is 0. The van der Waals surface area contributed by atoms with Crippen LogP contribution in [0.3, 0.4) is 0 Å². The van der Waals surface area contributed by atoms with Gasteiger partial charge in [-0.25, -0.2) is 4.98 Å². The molecule has 0 radical (unpaired) electrons. The molecule has 11 N–H and O–H groups in total. The highest BCUT2D eigenvalue weighted by Crippen LogP contribution is 2.36. The van der Waals surface area contributed by atoms with Crippen LogP contribution in [0.25, 0.3) is 0 Å². The molecule has 2 heterocycles. The summed E-state index contributed by atoms with van der Waals surface area (Å²) in [5.74, 6) is -3.01. The molecule has 1 unspecified atom stereocenters. The number of carbonyl (C=O) groups is 4. The Labute approximate surface area is 311 Å². The van der Waals surface area contributed by atoms with E-state index in [9.17, 15) is 19.8 Å². The topological polar surface area (TPSA) is 256 Å². The van der Waals surface area contributed by atoms with Crippen LogP contribution < -0.4 is 28.3 Å². The van der Waals surface area contributed by atoms with Gasteiger partial charge in [0, 0.05) is 24.9 Å². The van der Waals surface area contributed by atoms with Gasteiger partial charge in [0.05, 0.1) is 36.1 Å². The molecule has 8 atom stereocenters. The van der Waals surface area contributed by atoms with E-state index in [4.69, 9.17) is 22.9 Å². The Morgan fingerprint density at radius 3 is 2.28 bits per heavy atom. The van der Waals surface area contributed by atoms with Gasteiger partial charge in [-0.15, -0.1) is 0 Å². The molecule has 53 heavy (non-hydrogen) atoms. The Balaban J connectivity index is 1.83. The summed E-state index contributed by atoms with van der Waals surface area (Å²) in [6, 6.07) is 8.54. The Hall–Kier alpha value is -4.18. The lowest BCUT2D eigenvalue weighted by molar-refractivity contribution is -0.160. The molecule has 288 valence electrons. The number of aliphatic hydroxyl groups excluding tert-OH is 2. The number of aliphatic hydroxyl groups is 2. The Kier molecular flexibility index (Phi) is 15.1. The minimum absolute atomic E-state index is 0.175. The maximum atomic E-state index is 15.1. The van der Waals surface area contributed by atoms with Crippen LogP contribution >= 0.6 is 0 Å². The summed E-state index contributed by atoms with van der Waals surface area (Å²) < 4.78 is 1.17. The number of Topliss-reactive ketones (excluding diaryl/α,β-unsaturated/α-hetero) is 2. The largest absolute Gasteiger partial charge is 0.389 e. The first kappa shape index (κ1) is 41.6. The van der Waals surface area contributed by atoms with E-state index in [1.807, 2.05) is 13.8 Å². The summed E-state index contributed by atoms with van der Waals surface area (Å²) in [6.07, 6.45) is 5.60. The highest BCUT2D eigenvalue weighted by atomic mass is 16.3. The number of rotatable bonds is 19. The van der Waals surface area contributed by atoms with E-state index in [2.05, 4.69) is 15.3 Å². The van der Waals surface area contributed by atoms with E-state index in [-0.39, 0.29) is 36.2 Å². The molecule has 14 heteroatoms. The molecule has 1 amide bonds. The normalized spacial score (nSPS) is 18.8. The van der Waals surface area contributed by atoms with E-state index in [1.54, 1.807) is 48.5 Å². The monoisotopic (exact) mass is 732 g/mol. The van der Waals surface area contributed by atoms with Crippen LogP contribution in [0.5, 0.6) is 0 Å². The molecule has 1 aliphatic rings. The fraction of sp³-hybridized carbons (Fsp3) is 0.538. The third kappa shape index (κ3) is 10.1. The lowest BCUT2D eigenvalue weighted by atomic mass is 9.67. The molecular weight excluding hydrogens is 676 g/mol. The fourth-order valence-corrected chi connectivity index (χ4v) is 7.24. The first-order valence-electron chi connectivity index (χ1n) is 18.6. The second kappa shape index (κ2) is 19.2. The van der Waals surface area contributed by atoms with E-state index in [1.165, 1.54) is 23.3 Å². The lowest BCUT2D eigenvalue weighted by Gasteiger charge is -2.41. The van der Waals surface area contributed by atoms with Crippen molar-refractivity contribution in [2.45, 2.75) is 108 Å². The third-order valence-electron chi connectivity index (χ3n) is 10.8. The van der Waals surface area contributed by atoms with Gasteiger partial charge >= 0.3 is 0 Å².